The third-order valence-electron chi connectivity index (χ3n) is 2.15. The van der Waals surface area contributed by atoms with Crippen LogP contribution in [0.2, 0.25) is 0 Å². The fraction of sp³-hybridized carbons (Fsp3) is 1.00. The summed E-state index contributed by atoms with van der Waals surface area (Å²) in [6, 6.07) is 0. The molecule has 1 saturated heterocycles. The third kappa shape index (κ3) is 4.01. The molecule has 1 atom stereocenters. The highest BCUT2D eigenvalue weighted by Crippen LogP contribution is 2.11. The van der Waals surface area contributed by atoms with Crippen LogP contribution in [-0.2, 0) is 0 Å². The Morgan fingerprint density at radius 3 is 3.00 bits per heavy atom. The van der Waals surface area contributed by atoms with E-state index in [1.807, 2.05) is 0 Å². The minimum atomic E-state index is 0.648. The van der Waals surface area contributed by atoms with Gasteiger partial charge in [-0.15, -0.1) is 11.6 Å². The van der Waals surface area contributed by atoms with Crippen LogP contribution in [-0.4, -0.2) is 41.9 Å². The van der Waals surface area contributed by atoms with Gasteiger partial charge in [0.15, 0.2) is 0 Å². The van der Waals surface area contributed by atoms with Crippen molar-refractivity contribution < 1.29 is 0 Å². The molecule has 1 heterocycles. The van der Waals surface area contributed by atoms with Crippen molar-refractivity contribution >= 4 is 23.4 Å². The SMILES string of the molecule is CC(CCl)CN1CCCSCC1. The van der Waals surface area contributed by atoms with Gasteiger partial charge in [-0.05, 0) is 24.6 Å². The fourth-order valence-electron chi connectivity index (χ4n) is 1.47. The second-order valence-corrected chi connectivity index (χ2v) is 5.06. The second kappa shape index (κ2) is 6.11. The van der Waals surface area contributed by atoms with E-state index in [9.17, 15) is 0 Å². The zero-order valence-electron chi connectivity index (χ0n) is 7.76. The third-order valence-corrected chi connectivity index (χ3v) is 3.72. The first-order valence-electron chi connectivity index (χ1n) is 4.69. The molecule has 3 heteroatoms. The van der Waals surface area contributed by atoms with E-state index in [1.54, 1.807) is 0 Å². The van der Waals surface area contributed by atoms with Gasteiger partial charge < -0.3 is 4.90 Å². The zero-order valence-corrected chi connectivity index (χ0v) is 9.33. The Bertz CT molecular complexity index is 113. The predicted octanol–water partition coefficient (Wildman–Crippen LogP) is 2.30. The minimum absolute atomic E-state index is 0.648. The van der Waals surface area contributed by atoms with E-state index < -0.39 is 0 Å². The highest BCUT2D eigenvalue weighted by Gasteiger charge is 2.11. The van der Waals surface area contributed by atoms with E-state index in [4.69, 9.17) is 11.6 Å². The molecule has 1 rings (SSSR count). The van der Waals surface area contributed by atoms with Crippen LogP contribution in [0.1, 0.15) is 13.3 Å². The molecule has 0 aliphatic carbocycles. The summed E-state index contributed by atoms with van der Waals surface area (Å²) in [7, 11) is 0. The van der Waals surface area contributed by atoms with Crippen LogP contribution in [0.5, 0.6) is 0 Å². The molecular formula is C9H18ClNS. The molecule has 1 nitrogen and oxygen atoms in total. The van der Waals surface area contributed by atoms with Gasteiger partial charge in [-0.2, -0.15) is 11.8 Å². The van der Waals surface area contributed by atoms with Crippen LogP contribution in [0.15, 0.2) is 0 Å². The molecule has 0 N–H and O–H groups in total. The molecule has 1 unspecified atom stereocenters. The van der Waals surface area contributed by atoms with Crippen molar-refractivity contribution in [1.82, 2.24) is 4.90 Å². The maximum atomic E-state index is 5.78. The summed E-state index contributed by atoms with van der Waals surface area (Å²) >= 11 is 7.86. The monoisotopic (exact) mass is 207 g/mol. The summed E-state index contributed by atoms with van der Waals surface area (Å²) in [5.74, 6) is 4.08. The van der Waals surface area contributed by atoms with Crippen LogP contribution >= 0.6 is 23.4 Å². The number of alkyl halides is 1. The fourth-order valence-corrected chi connectivity index (χ4v) is 2.49. The van der Waals surface area contributed by atoms with Gasteiger partial charge in [0.25, 0.3) is 0 Å². The topological polar surface area (TPSA) is 3.24 Å². The molecule has 0 spiro atoms. The first-order chi connectivity index (χ1) is 5.83. The lowest BCUT2D eigenvalue weighted by Crippen LogP contribution is -2.31. The van der Waals surface area contributed by atoms with Gasteiger partial charge in [0.1, 0.15) is 0 Å². The Morgan fingerprint density at radius 2 is 2.25 bits per heavy atom. The van der Waals surface area contributed by atoms with Gasteiger partial charge >= 0.3 is 0 Å². The minimum Gasteiger partial charge on any atom is -0.302 e. The lowest BCUT2D eigenvalue weighted by Gasteiger charge is -2.22. The molecule has 0 saturated carbocycles. The van der Waals surface area contributed by atoms with Crippen molar-refractivity contribution in [1.29, 1.82) is 0 Å². The quantitative estimate of drug-likeness (QED) is 0.654. The predicted molar refractivity (Wildman–Crippen MR) is 58.3 cm³/mol. The molecule has 1 fully saturated rings. The number of hydrogen-bond acceptors (Lipinski definition) is 2. The van der Waals surface area contributed by atoms with Crippen LogP contribution in [0.3, 0.4) is 0 Å². The molecule has 1 aliphatic rings. The first kappa shape index (κ1) is 10.7. The normalized spacial score (nSPS) is 23.5. The number of halogens is 1. The maximum Gasteiger partial charge on any atom is 0.0261 e. The van der Waals surface area contributed by atoms with Crippen molar-refractivity contribution in [2.45, 2.75) is 13.3 Å². The lowest BCUT2D eigenvalue weighted by molar-refractivity contribution is 0.264. The molecule has 1 aliphatic heterocycles. The van der Waals surface area contributed by atoms with E-state index in [1.165, 1.54) is 37.6 Å². The van der Waals surface area contributed by atoms with Crippen LogP contribution < -0.4 is 0 Å². The largest absolute Gasteiger partial charge is 0.302 e. The summed E-state index contributed by atoms with van der Waals surface area (Å²) in [5, 5.41) is 0. The Labute approximate surface area is 84.8 Å². The lowest BCUT2D eigenvalue weighted by atomic mass is 10.2. The molecule has 0 radical (unpaired) electrons. The van der Waals surface area contributed by atoms with Gasteiger partial charge in [0.2, 0.25) is 0 Å². The molecule has 0 bridgehead atoms. The van der Waals surface area contributed by atoms with Gasteiger partial charge in [-0.25, -0.2) is 0 Å². The number of rotatable bonds is 3. The molecule has 0 amide bonds. The summed E-state index contributed by atoms with van der Waals surface area (Å²) in [6.45, 7) is 5.94. The summed E-state index contributed by atoms with van der Waals surface area (Å²) in [6.07, 6.45) is 1.35. The summed E-state index contributed by atoms with van der Waals surface area (Å²) in [5.41, 5.74) is 0. The second-order valence-electron chi connectivity index (χ2n) is 3.53. The van der Waals surface area contributed by atoms with Crippen molar-refractivity contribution in [3.05, 3.63) is 0 Å². The van der Waals surface area contributed by atoms with Crippen LogP contribution in [0.4, 0.5) is 0 Å². The summed E-state index contributed by atoms with van der Waals surface area (Å²) < 4.78 is 0. The Balaban J connectivity index is 2.20. The van der Waals surface area contributed by atoms with Crippen molar-refractivity contribution in [2.24, 2.45) is 5.92 Å². The highest BCUT2D eigenvalue weighted by atomic mass is 35.5. The zero-order chi connectivity index (χ0) is 8.81. The van der Waals surface area contributed by atoms with E-state index in [0.29, 0.717) is 5.92 Å². The first-order valence-corrected chi connectivity index (χ1v) is 6.38. The standard InChI is InChI=1S/C9H18ClNS/c1-9(7-10)8-11-3-2-5-12-6-4-11/h9H,2-8H2,1H3. The molecule has 0 aromatic carbocycles. The van der Waals surface area contributed by atoms with Crippen molar-refractivity contribution in [3.63, 3.8) is 0 Å². The van der Waals surface area contributed by atoms with Crippen molar-refractivity contribution in [3.8, 4) is 0 Å². The van der Waals surface area contributed by atoms with Gasteiger partial charge in [-0.3, -0.25) is 0 Å². The molecule has 72 valence electrons. The van der Waals surface area contributed by atoms with E-state index >= 15 is 0 Å². The van der Waals surface area contributed by atoms with Crippen molar-refractivity contribution in [2.75, 3.05) is 37.0 Å². The van der Waals surface area contributed by atoms with Crippen LogP contribution in [0.25, 0.3) is 0 Å². The van der Waals surface area contributed by atoms with Gasteiger partial charge in [-0.1, -0.05) is 6.92 Å². The number of thioether (sulfide) groups is 1. The Hall–Kier alpha value is 0.600. The molecule has 12 heavy (non-hydrogen) atoms. The van der Waals surface area contributed by atoms with Crippen LogP contribution in [0, 0.1) is 5.92 Å². The van der Waals surface area contributed by atoms with E-state index in [0.717, 1.165) is 5.88 Å². The smallest absolute Gasteiger partial charge is 0.0261 e. The number of nitrogens with zero attached hydrogens (tertiary/aromatic N) is 1. The Morgan fingerprint density at radius 1 is 1.42 bits per heavy atom. The Kier molecular flexibility index (Phi) is 5.44. The highest BCUT2D eigenvalue weighted by molar-refractivity contribution is 7.99. The van der Waals surface area contributed by atoms with E-state index in [-0.39, 0.29) is 0 Å². The maximum absolute atomic E-state index is 5.78. The number of hydrogen-bond donors (Lipinski definition) is 0. The van der Waals surface area contributed by atoms with Gasteiger partial charge in [0, 0.05) is 24.7 Å². The molecule has 0 aromatic heterocycles. The summed E-state index contributed by atoms with van der Waals surface area (Å²) in [4.78, 5) is 2.55. The van der Waals surface area contributed by atoms with Gasteiger partial charge in [0.05, 0.1) is 0 Å². The molecular weight excluding hydrogens is 190 g/mol. The molecule has 0 aromatic rings. The average Bonchev–Trinajstić information content (AvgIpc) is 2.33. The van der Waals surface area contributed by atoms with E-state index in [2.05, 4.69) is 23.6 Å². The average molecular weight is 208 g/mol.